The van der Waals surface area contributed by atoms with E-state index in [1.54, 1.807) is 12.1 Å². The maximum atomic E-state index is 11.6. The largest absolute Gasteiger partial charge is 0.478 e. The number of aromatic carboxylic acids is 1. The molecule has 1 rings (SSSR count). The topological polar surface area (TPSA) is 95.5 Å². The minimum atomic E-state index is -1.02. The highest BCUT2D eigenvalue weighted by Crippen LogP contribution is 2.24. The number of carboxylic acid groups (broad SMARTS) is 1. The third kappa shape index (κ3) is 6.63. The molecule has 0 spiro atoms. The van der Waals surface area contributed by atoms with Crippen molar-refractivity contribution in [2.45, 2.75) is 11.8 Å². The number of carboxylic acids is 1. The van der Waals surface area contributed by atoms with Crippen molar-refractivity contribution in [1.29, 1.82) is 0 Å². The molecule has 2 amide bonds. The van der Waals surface area contributed by atoms with Gasteiger partial charge in [-0.1, -0.05) is 0 Å². The van der Waals surface area contributed by atoms with Crippen LogP contribution < -0.4 is 10.6 Å². The van der Waals surface area contributed by atoms with Crippen molar-refractivity contribution in [1.82, 2.24) is 10.6 Å². The molecule has 0 aliphatic heterocycles. The Morgan fingerprint density at radius 1 is 1.24 bits per heavy atom. The van der Waals surface area contributed by atoms with Gasteiger partial charge < -0.3 is 15.7 Å². The summed E-state index contributed by atoms with van der Waals surface area (Å²) in [6.45, 7) is 2.15. The van der Waals surface area contributed by atoms with Crippen LogP contribution in [0, 0.1) is 0 Å². The van der Waals surface area contributed by atoms with Crippen molar-refractivity contribution in [3.8, 4) is 0 Å². The summed E-state index contributed by atoms with van der Waals surface area (Å²) in [4.78, 5) is 33.9. The van der Waals surface area contributed by atoms with Crippen molar-refractivity contribution in [3.05, 3.63) is 28.2 Å². The monoisotopic (exact) mass is 374 g/mol. The molecule has 6 nitrogen and oxygen atoms in total. The zero-order valence-electron chi connectivity index (χ0n) is 11.3. The van der Waals surface area contributed by atoms with Crippen molar-refractivity contribution in [2.24, 2.45) is 0 Å². The van der Waals surface area contributed by atoms with Crippen molar-refractivity contribution >= 4 is 45.5 Å². The average Bonchev–Trinajstić information content (AvgIpc) is 2.42. The Morgan fingerprint density at radius 2 is 1.90 bits per heavy atom. The summed E-state index contributed by atoms with van der Waals surface area (Å²) in [5.74, 6) is -1.16. The molecule has 0 aliphatic rings. The van der Waals surface area contributed by atoms with Crippen LogP contribution in [0.2, 0.25) is 0 Å². The molecule has 1 aromatic carbocycles. The minimum Gasteiger partial charge on any atom is -0.478 e. The van der Waals surface area contributed by atoms with Gasteiger partial charge in [0.2, 0.25) is 11.8 Å². The number of halogens is 1. The summed E-state index contributed by atoms with van der Waals surface area (Å²) < 4.78 is 0.499. The molecule has 0 aromatic heterocycles. The molecule has 0 unspecified atom stereocenters. The smallest absolute Gasteiger partial charge is 0.336 e. The van der Waals surface area contributed by atoms with Gasteiger partial charge in [0.15, 0.2) is 0 Å². The molecule has 0 heterocycles. The maximum absolute atomic E-state index is 11.6. The van der Waals surface area contributed by atoms with Crippen LogP contribution in [0.3, 0.4) is 0 Å². The number of rotatable bonds is 7. The molecule has 0 saturated heterocycles. The molecule has 0 aliphatic carbocycles. The Hall–Kier alpha value is -1.54. The number of hydrogen-bond donors (Lipinski definition) is 3. The quantitative estimate of drug-likeness (QED) is 0.496. The lowest BCUT2D eigenvalue weighted by Gasteiger charge is -2.06. The van der Waals surface area contributed by atoms with Crippen LogP contribution in [-0.2, 0) is 9.59 Å². The van der Waals surface area contributed by atoms with E-state index in [2.05, 4.69) is 26.6 Å². The van der Waals surface area contributed by atoms with E-state index in [-0.39, 0.29) is 23.1 Å². The van der Waals surface area contributed by atoms with Gasteiger partial charge in [0.25, 0.3) is 0 Å². The third-order valence-corrected chi connectivity index (χ3v) is 4.04. The molecular weight excluding hydrogens is 360 g/mol. The van der Waals surface area contributed by atoms with Gasteiger partial charge >= 0.3 is 5.97 Å². The van der Waals surface area contributed by atoms with Crippen molar-refractivity contribution in [3.63, 3.8) is 0 Å². The molecule has 0 saturated carbocycles. The first-order valence-corrected chi connectivity index (χ1v) is 7.85. The fourth-order valence-corrected chi connectivity index (χ4v) is 2.58. The lowest BCUT2D eigenvalue weighted by molar-refractivity contribution is -0.120. The summed E-state index contributed by atoms with van der Waals surface area (Å²) in [5, 5.41) is 14.2. The molecular formula is C13H15BrN2O4S. The van der Waals surface area contributed by atoms with Crippen LogP contribution >= 0.6 is 27.7 Å². The second kappa shape index (κ2) is 8.68. The van der Waals surface area contributed by atoms with Crippen molar-refractivity contribution < 1.29 is 19.5 Å². The molecule has 0 radical (unpaired) electrons. The minimum absolute atomic E-state index is 0.144. The molecule has 8 heteroatoms. The van der Waals surface area contributed by atoms with Crippen LogP contribution in [0.4, 0.5) is 0 Å². The molecule has 0 bridgehead atoms. The van der Waals surface area contributed by atoms with Crippen LogP contribution in [0.15, 0.2) is 27.6 Å². The summed E-state index contributed by atoms with van der Waals surface area (Å²) in [5.41, 5.74) is 0.158. The highest BCUT2D eigenvalue weighted by atomic mass is 79.9. The molecule has 21 heavy (non-hydrogen) atoms. The average molecular weight is 375 g/mol. The van der Waals surface area contributed by atoms with E-state index in [4.69, 9.17) is 5.11 Å². The summed E-state index contributed by atoms with van der Waals surface area (Å²) in [6, 6.07) is 4.90. The molecule has 1 aromatic rings. The van der Waals surface area contributed by atoms with Crippen LogP contribution in [0.1, 0.15) is 17.3 Å². The Labute approximate surface area is 134 Å². The number of carbonyl (C=O) groups is 3. The van der Waals surface area contributed by atoms with E-state index in [1.807, 2.05) is 0 Å². The van der Waals surface area contributed by atoms with E-state index in [0.29, 0.717) is 22.5 Å². The second-order valence-corrected chi connectivity index (χ2v) is 5.97. The Bertz CT molecular complexity index is 551. The van der Waals surface area contributed by atoms with Crippen molar-refractivity contribution in [2.75, 3.05) is 18.8 Å². The van der Waals surface area contributed by atoms with Crippen LogP contribution in [0.5, 0.6) is 0 Å². The number of thioether (sulfide) groups is 1. The second-order valence-electron chi connectivity index (χ2n) is 4.07. The summed E-state index contributed by atoms with van der Waals surface area (Å²) >= 11 is 4.41. The first-order valence-electron chi connectivity index (χ1n) is 6.07. The van der Waals surface area contributed by atoms with Gasteiger partial charge in [-0.15, -0.1) is 11.8 Å². The lowest BCUT2D eigenvalue weighted by atomic mass is 10.2. The van der Waals surface area contributed by atoms with Gasteiger partial charge in [-0.25, -0.2) is 4.79 Å². The first-order chi connectivity index (χ1) is 9.90. The highest BCUT2D eigenvalue weighted by molar-refractivity contribution is 9.10. The van der Waals surface area contributed by atoms with Crippen LogP contribution in [0.25, 0.3) is 0 Å². The summed E-state index contributed by atoms with van der Waals surface area (Å²) in [6.07, 6.45) is 0. The van der Waals surface area contributed by atoms with E-state index in [9.17, 15) is 14.4 Å². The van der Waals surface area contributed by atoms with Gasteiger partial charge in [-0.3, -0.25) is 9.59 Å². The molecule has 3 N–H and O–H groups in total. The van der Waals surface area contributed by atoms with E-state index < -0.39 is 5.97 Å². The maximum Gasteiger partial charge on any atom is 0.336 e. The number of nitrogens with one attached hydrogen (secondary N) is 2. The zero-order chi connectivity index (χ0) is 15.8. The zero-order valence-corrected chi connectivity index (χ0v) is 13.7. The molecule has 0 fully saturated rings. The molecule has 114 valence electrons. The van der Waals surface area contributed by atoms with E-state index in [0.717, 1.165) is 0 Å². The number of benzene rings is 1. The van der Waals surface area contributed by atoms with Gasteiger partial charge in [-0.2, -0.15) is 0 Å². The lowest BCUT2D eigenvalue weighted by Crippen LogP contribution is -2.34. The fraction of sp³-hybridized carbons (Fsp3) is 0.308. The predicted molar refractivity (Wildman–Crippen MR) is 83.5 cm³/mol. The van der Waals surface area contributed by atoms with Gasteiger partial charge in [0.05, 0.1) is 11.3 Å². The third-order valence-electron chi connectivity index (χ3n) is 2.36. The fourth-order valence-electron chi connectivity index (χ4n) is 1.40. The first kappa shape index (κ1) is 17.5. The SMILES string of the molecule is CC(=O)NCCNC(=O)CSc1ccc(Br)c(C(=O)O)c1. The Morgan fingerprint density at radius 3 is 2.52 bits per heavy atom. The van der Waals surface area contributed by atoms with Gasteiger partial charge in [0.1, 0.15) is 0 Å². The number of carbonyl (C=O) groups excluding carboxylic acids is 2. The van der Waals surface area contributed by atoms with E-state index >= 15 is 0 Å². The number of amides is 2. The van der Waals surface area contributed by atoms with E-state index in [1.165, 1.54) is 24.8 Å². The van der Waals surface area contributed by atoms with Crippen LogP contribution in [-0.4, -0.2) is 41.7 Å². The summed E-state index contributed by atoms with van der Waals surface area (Å²) in [7, 11) is 0. The Balaban J connectivity index is 2.41. The standard InChI is InChI=1S/C13H15BrN2O4S/c1-8(17)15-4-5-16-12(18)7-21-9-2-3-11(14)10(6-9)13(19)20/h2-3,6H,4-5,7H2,1H3,(H,15,17)(H,16,18)(H,19,20). The molecule has 0 atom stereocenters. The number of hydrogen-bond acceptors (Lipinski definition) is 4. The van der Waals surface area contributed by atoms with Gasteiger partial charge in [-0.05, 0) is 34.1 Å². The Kier molecular flexibility index (Phi) is 7.24. The normalized spacial score (nSPS) is 10.0. The van der Waals surface area contributed by atoms with Gasteiger partial charge in [0, 0.05) is 29.4 Å². The highest BCUT2D eigenvalue weighted by Gasteiger charge is 2.10. The predicted octanol–water partition coefficient (Wildman–Crippen LogP) is 1.49.